The molecule has 0 radical (unpaired) electrons. The summed E-state index contributed by atoms with van der Waals surface area (Å²) in [6.07, 6.45) is 3.84. The topological polar surface area (TPSA) is 62.5 Å². The number of aromatic carboxylic acids is 1. The summed E-state index contributed by atoms with van der Waals surface area (Å²) in [5.41, 5.74) is 1.95. The summed E-state index contributed by atoms with van der Waals surface area (Å²) in [6, 6.07) is 1.67. The Bertz CT molecular complexity index is 513. The van der Waals surface area contributed by atoms with Crippen molar-refractivity contribution >= 4 is 11.9 Å². The van der Waals surface area contributed by atoms with Gasteiger partial charge in [0.05, 0.1) is 5.56 Å². The maximum absolute atomic E-state index is 12.1. The van der Waals surface area contributed by atoms with E-state index in [9.17, 15) is 9.59 Å². The smallest absolute Gasteiger partial charge is 0.337 e. The van der Waals surface area contributed by atoms with Gasteiger partial charge in [-0.1, -0.05) is 0 Å². The molecule has 1 saturated heterocycles. The third kappa shape index (κ3) is 3.03. The minimum Gasteiger partial charge on any atom is -0.478 e. The van der Waals surface area contributed by atoms with E-state index in [1.54, 1.807) is 13.0 Å². The molecular formula is C15H22N2O3. The molecule has 1 aliphatic rings. The molecule has 2 rings (SSSR count). The first kappa shape index (κ1) is 14.6. The Morgan fingerprint density at radius 3 is 2.40 bits per heavy atom. The molecule has 0 saturated carbocycles. The van der Waals surface area contributed by atoms with Crippen molar-refractivity contribution in [2.24, 2.45) is 0 Å². The lowest BCUT2D eigenvalue weighted by molar-refractivity contribution is -0.132. The molecule has 0 atom stereocenters. The van der Waals surface area contributed by atoms with Gasteiger partial charge in [-0.15, -0.1) is 0 Å². The summed E-state index contributed by atoms with van der Waals surface area (Å²) in [5.74, 6) is -0.735. The maximum atomic E-state index is 12.1. The van der Waals surface area contributed by atoms with Crippen LogP contribution >= 0.6 is 0 Å². The molecule has 0 aliphatic carbocycles. The van der Waals surface area contributed by atoms with E-state index in [0.717, 1.165) is 37.3 Å². The van der Waals surface area contributed by atoms with E-state index in [0.29, 0.717) is 18.5 Å². The lowest BCUT2D eigenvalue weighted by Gasteiger charge is -2.27. The minimum absolute atomic E-state index is 0.175. The van der Waals surface area contributed by atoms with Crippen LogP contribution in [0.1, 0.15) is 47.4 Å². The van der Waals surface area contributed by atoms with Gasteiger partial charge in [-0.25, -0.2) is 4.79 Å². The standard InChI is InChI=1S/C15H22N2O3/c1-11-10-13(15(19)20)12(2)17(11)9-6-14(18)16-7-4-3-5-8-16/h10H,3-9H2,1-2H3,(H,19,20). The van der Waals surface area contributed by atoms with E-state index in [-0.39, 0.29) is 5.91 Å². The summed E-state index contributed by atoms with van der Waals surface area (Å²) < 4.78 is 1.92. The molecular weight excluding hydrogens is 256 g/mol. The number of nitrogens with zero attached hydrogens (tertiary/aromatic N) is 2. The average Bonchev–Trinajstić information content (AvgIpc) is 2.72. The van der Waals surface area contributed by atoms with Crippen molar-refractivity contribution in [3.05, 3.63) is 23.0 Å². The van der Waals surface area contributed by atoms with Gasteiger partial charge in [-0.2, -0.15) is 0 Å². The van der Waals surface area contributed by atoms with Crippen LogP contribution in [0.15, 0.2) is 6.07 Å². The van der Waals surface area contributed by atoms with Gasteiger partial charge >= 0.3 is 5.97 Å². The van der Waals surface area contributed by atoms with E-state index in [1.165, 1.54) is 6.42 Å². The molecule has 2 heterocycles. The number of carboxylic acid groups (broad SMARTS) is 1. The summed E-state index contributed by atoms with van der Waals surface area (Å²) in [4.78, 5) is 25.1. The van der Waals surface area contributed by atoms with Gasteiger partial charge in [0.2, 0.25) is 5.91 Å². The number of amides is 1. The predicted octanol–water partition coefficient (Wildman–Crippen LogP) is 2.21. The second-order valence-electron chi connectivity index (χ2n) is 5.43. The van der Waals surface area contributed by atoms with Crippen molar-refractivity contribution in [1.82, 2.24) is 9.47 Å². The first-order valence-electron chi connectivity index (χ1n) is 7.18. The summed E-state index contributed by atoms with van der Waals surface area (Å²) in [7, 11) is 0. The van der Waals surface area contributed by atoms with Crippen LogP contribution in [-0.4, -0.2) is 39.5 Å². The van der Waals surface area contributed by atoms with Crippen LogP contribution in [0.5, 0.6) is 0 Å². The van der Waals surface area contributed by atoms with Gasteiger partial charge in [-0.3, -0.25) is 4.79 Å². The fourth-order valence-corrected chi connectivity index (χ4v) is 2.87. The molecule has 0 unspecified atom stereocenters. The van der Waals surface area contributed by atoms with E-state index in [1.807, 2.05) is 16.4 Å². The quantitative estimate of drug-likeness (QED) is 0.918. The Balaban J connectivity index is 2.00. The zero-order chi connectivity index (χ0) is 14.7. The molecule has 110 valence electrons. The van der Waals surface area contributed by atoms with Crippen molar-refractivity contribution in [3.8, 4) is 0 Å². The third-order valence-electron chi connectivity index (χ3n) is 4.06. The summed E-state index contributed by atoms with van der Waals surface area (Å²) >= 11 is 0. The molecule has 1 aromatic heterocycles. The highest BCUT2D eigenvalue weighted by Crippen LogP contribution is 2.16. The summed E-state index contributed by atoms with van der Waals surface area (Å²) in [5, 5.41) is 9.10. The van der Waals surface area contributed by atoms with Crippen LogP contribution in [0, 0.1) is 13.8 Å². The zero-order valence-electron chi connectivity index (χ0n) is 12.2. The number of piperidine rings is 1. The van der Waals surface area contributed by atoms with E-state index >= 15 is 0 Å². The molecule has 1 fully saturated rings. The second-order valence-corrected chi connectivity index (χ2v) is 5.43. The Labute approximate surface area is 119 Å². The van der Waals surface area contributed by atoms with Gasteiger partial charge in [-0.05, 0) is 39.2 Å². The fraction of sp³-hybridized carbons (Fsp3) is 0.600. The van der Waals surface area contributed by atoms with Crippen LogP contribution in [0.25, 0.3) is 0 Å². The molecule has 0 spiro atoms. The Morgan fingerprint density at radius 1 is 1.20 bits per heavy atom. The van der Waals surface area contributed by atoms with Crippen LogP contribution in [0.3, 0.4) is 0 Å². The van der Waals surface area contributed by atoms with Crippen LogP contribution < -0.4 is 0 Å². The fourth-order valence-electron chi connectivity index (χ4n) is 2.87. The van der Waals surface area contributed by atoms with Gasteiger partial charge < -0.3 is 14.6 Å². The Kier molecular flexibility index (Phi) is 4.47. The largest absolute Gasteiger partial charge is 0.478 e. The SMILES string of the molecule is Cc1cc(C(=O)O)c(C)n1CCC(=O)N1CCCCC1. The molecule has 20 heavy (non-hydrogen) atoms. The summed E-state index contributed by atoms with van der Waals surface area (Å²) in [6.45, 7) is 5.96. The number of carbonyl (C=O) groups is 2. The average molecular weight is 278 g/mol. The Hall–Kier alpha value is -1.78. The zero-order valence-corrected chi connectivity index (χ0v) is 12.2. The van der Waals surface area contributed by atoms with E-state index < -0.39 is 5.97 Å². The van der Waals surface area contributed by atoms with E-state index in [2.05, 4.69) is 0 Å². The third-order valence-corrected chi connectivity index (χ3v) is 4.06. The molecule has 5 heteroatoms. The monoisotopic (exact) mass is 278 g/mol. The van der Waals surface area contributed by atoms with Crippen molar-refractivity contribution in [3.63, 3.8) is 0 Å². The lowest BCUT2D eigenvalue weighted by atomic mass is 10.1. The Morgan fingerprint density at radius 2 is 1.85 bits per heavy atom. The first-order chi connectivity index (χ1) is 9.50. The maximum Gasteiger partial charge on any atom is 0.337 e. The number of likely N-dealkylation sites (tertiary alicyclic amines) is 1. The van der Waals surface area contributed by atoms with E-state index in [4.69, 9.17) is 5.11 Å². The predicted molar refractivity (Wildman–Crippen MR) is 75.9 cm³/mol. The van der Waals surface area contributed by atoms with Crippen molar-refractivity contribution in [2.45, 2.75) is 46.1 Å². The highest BCUT2D eigenvalue weighted by molar-refractivity contribution is 5.89. The molecule has 5 nitrogen and oxygen atoms in total. The molecule has 1 N–H and O–H groups in total. The molecule has 0 aromatic carbocycles. The number of rotatable bonds is 4. The normalized spacial score (nSPS) is 15.4. The van der Waals surface area contributed by atoms with Crippen molar-refractivity contribution in [1.29, 1.82) is 0 Å². The first-order valence-corrected chi connectivity index (χ1v) is 7.18. The molecule has 1 amide bonds. The van der Waals surface area contributed by atoms with Gasteiger partial charge in [0.1, 0.15) is 0 Å². The van der Waals surface area contributed by atoms with Crippen molar-refractivity contribution < 1.29 is 14.7 Å². The second kappa shape index (κ2) is 6.11. The number of aryl methyl sites for hydroxylation is 1. The number of hydrogen-bond acceptors (Lipinski definition) is 2. The molecule has 0 bridgehead atoms. The lowest BCUT2D eigenvalue weighted by Crippen LogP contribution is -2.36. The number of hydrogen-bond donors (Lipinski definition) is 1. The van der Waals surface area contributed by atoms with Gasteiger partial charge in [0.25, 0.3) is 0 Å². The molecule has 1 aromatic rings. The number of aromatic nitrogens is 1. The van der Waals surface area contributed by atoms with Gasteiger partial charge in [0.15, 0.2) is 0 Å². The van der Waals surface area contributed by atoms with Crippen LogP contribution in [0.2, 0.25) is 0 Å². The highest BCUT2D eigenvalue weighted by Gasteiger charge is 2.18. The minimum atomic E-state index is -0.910. The van der Waals surface area contributed by atoms with Crippen molar-refractivity contribution in [2.75, 3.05) is 13.1 Å². The van der Waals surface area contributed by atoms with Crippen LogP contribution in [-0.2, 0) is 11.3 Å². The number of carbonyl (C=O) groups excluding carboxylic acids is 1. The number of carboxylic acids is 1. The van der Waals surface area contributed by atoms with Gasteiger partial charge in [0, 0.05) is 37.4 Å². The highest BCUT2D eigenvalue weighted by atomic mass is 16.4. The molecule has 1 aliphatic heterocycles. The van der Waals surface area contributed by atoms with Crippen LogP contribution in [0.4, 0.5) is 0 Å².